The van der Waals surface area contributed by atoms with Crippen LogP contribution in [0.4, 0.5) is 5.82 Å². The lowest BCUT2D eigenvalue weighted by Gasteiger charge is -2.33. The molecule has 0 aromatic carbocycles. The molecule has 1 aliphatic rings. The summed E-state index contributed by atoms with van der Waals surface area (Å²) in [6.07, 6.45) is 3.02. The Morgan fingerprint density at radius 1 is 1.50 bits per heavy atom. The highest BCUT2D eigenvalue weighted by molar-refractivity contribution is 6.30. The van der Waals surface area contributed by atoms with Crippen LogP contribution in [0.2, 0.25) is 5.02 Å². The van der Waals surface area contributed by atoms with Crippen molar-refractivity contribution in [3.63, 3.8) is 0 Å². The zero-order valence-corrected chi connectivity index (χ0v) is 13.9. The monoisotopic (exact) mass is 346 g/mol. The minimum absolute atomic E-state index is 0. The number of likely N-dealkylation sites (tertiary alicyclic amines) is 1. The molecule has 1 aromatic rings. The van der Waals surface area contributed by atoms with Gasteiger partial charge in [-0.3, -0.25) is 9.59 Å². The van der Waals surface area contributed by atoms with E-state index in [1.165, 1.54) is 6.20 Å². The number of carbonyl (C=O) groups is 2. The molecule has 22 heavy (non-hydrogen) atoms. The highest BCUT2D eigenvalue weighted by Gasteiger charge is 2.29. The molecule has 1 aromatic heterocycles. The summed E-state index contributed by atoms with van der Waals surface area (Å²) in [6, 6.07) is 2.77. The van der Waals surface area contributed by atoms with Crippen LogP contribution >= 0.6 is 24.0 Å². The summed E-state index contributed by atoms with van der Waals surface area (Å²) < 4.78 is 0. The van der Waals surface area contributed by atoms with E-state index in [1.54, 1.807) is 24.0 Å². The van der Waals surface area contributed by atoms with Crippen LogP contribution in [0.5, 0.6) is 0 Å². The summed E-state index contributed by atoms with van der Waals surface area (Å²) in [5.41, 5.74) is 5.61. The van der Waals surface area contributed by atoms with Crippen LogP contribution in [0, 0.1) is 5.92 Å². The minimum Gasteiger partial charge on any atom is -0.341 e. The van der Waals surface area contributed by atoms with Gasteiger partial charge in [0.25, 0.3) is 0 Å². The molecule has 2 rings (SSSR count). The smallest absolute Gasteiger partial charge is 0.239 e. The number of aromatic nitrogens is 1. The predicted molar refractivity (Wildman–Crippen MR) is 88.1 cm³/mol. The second-order valence-corrected chi connectivity index (χ2v) is 5.70. The van der Waals surface area contributed by atoms with Crippen LogP contribution in [0.25, 0.3) is 0 Å². The van der Waals surface area contributed by atoms with Crippen LogP contribution in [0.15, 0.2) is 18.3 Å². The molecule has 0 spiro atoms. The van der Waals surface area contributed by atoms with E-state index in [-0.39, 0.29) is 30.1 Å². The van der Waals surface area contributed by atoms with Gasteiger partial charge in [-0.15, -0.1) is 12.4 Å². The third kappa shape index (κ3) is 4.83. The highest BCUT2D eigenvalue weighted by Crippen LogP contribution is 2.19. The maximum absolute atomic E-state index is 12.2. The fourth-order valence-corrected chi connectivity index (χ4v) is 2.47. The molecule has 122 valence electrons. The summed E-state index contributed by atoms with van der Waals surface area (Å²) in [5, 5.41) is 3.26. The van der Waals surface area contributed by atoms with Crippen molar-refractivity contribution in [1.82, 2.24) is 9.88 Å². The number of carbonyl (C=O) groups excluding carboxylic acids is 2. The number of piperidine rings is 1. The van der Waals surface area contributed by atoms with Gasteiger partial charge in [0, 0.05) is 19.3 Å². The van der Waals surface area contributed by atoms with Crippen LogP contribution in [-0.2, 0) is 9.59 Å². The van der Waals surface area contributed by atoms with E-state index in [2.05, 4.69) is 10.3 Å². The molecule has 1 aliphatic heterocycles. The third-order valence-corrected chi connectivity index (χ3v) is 3.70. The number of hydrogen-bond donors (Lipinski definition) is 2. The molecule has 0 saturated carbocycles. The normalized spacial score (nSPS) is 19.0. The molecule has 0 bridgehead atoms. The van der Waals surface area contributed by atoms with E-state index in [9.17, 15) is 9.59 Å². The van der Waals surface area contributed by atoms with Crippen molar-refractivity contribution in [2.45, 2.75) is 25.8 Å². The van der Waals surface area contributed by atoms with Crippen molar-refractivity contribution in [1.29, 1.82) is 0 Å². The fraction of sp³-hybridized carbons (Fsp3) is 0.500. The van der Waals surface area contributed by atoms with Gasteiger partial charge in [0.2, 0.25) is 11.8 Å². The molecule has 8 heteroatoms. The molecule has 1 saturated heterocycles. The first-order chi connectivity index (χ1) is 9.97. The number of nitrogens with zero attached hydrogens (tertiary/aromatic N) is 2. The lowest BCUT2D eigenvalue weighted by molar-refractivity contribution is -0.135. The molecule has 3 N–H and O–H groups in total. The van der Waals surface area contributed by atoms with E-state index in [0.29, 0.717) is 23.9 Å². The molecule has 6 nitrogen and oxygen atoms in total. The van der Waals surface area contributed by atoms with E-state index < -0.39 is 6.04 Å². The van der Waals surface area contributed by atoms with Crippen LogP contribution < -0.4 is 11.1 Å². The number of rotatable bonds is 3. The van der Waals surface area contributed by atoms with Gasteiger partial charge in [0.15, 0.2) is 0 Å². The summed E-state index contributed by atoms with van der Waals surface area (Å²) in [5.74, 6) is -0.0249. The number of amides is 2. The number of anilines is 1. The second kappa shape index (κ2) is 8.31. The van der Waals surface area contributed by atoms with Gasteiger partial charge in [-0.2, -0.15) is 0 Å². The Bertz CT molecular complexity index is 522. The Kier molecular flexibility index (Phi) is 7.06. The van der Waals surface area contributed by atoms with Crippen molar-refractivity contribution in [3.8, 4) is 0 Å². The van der Waals surface area contributed by atoms with Crippen LogP contribution in [0.3, 0.4) is 0 Å². The Morgan fingerprint density at radius 3 is 2.82 bits per heavy atom. The standard InChI is InChI=1S/C14H19ClN4O2.ClH/c1-9(16)14(21)19-6-2-3-10(8-19)13(20)18-12-5-4-11(15)7-17-12;/h4-5,7,9-10H,2-3,6,8,16H2,1H3,(H,17,18,20);1H. The van der Waals surface area contributed by atoms with Gasteiger partial charge < -0.3 is 16.0 Å². The summed E-state index contributed by atoms with van der Waals surface area (Å²) in [7, 11) is 0. The van der Waals surface area contributed by atoms with Crippen LogP contribution in [-0.4, -0.2) is 40.8 Å². The van der Waals surface area contributed by atoms with E-state index >= 15 is 0 Å². The SMILES string of the molecule is CC(N)C(=O)N1CCCC(C(=O)Nc2ccc(Cl)cn2)C1.Cl. The zero-order valence-electron chi connectivity index (χ0n) is 12.3. The highest BCUT2D eigenvalue weighted by atomic mass is 35.5. The van der Waals surface area contributed by atoms with E-state index in [1.807, 2.05) is 0 Å². The quantitative estimate of drug-likeness (QED) is 0.871. The average molecular weight is 347 g/mol. The topological polar surface area (TPSA) is 88.3 Å². The van der Waals surface area contributed by atoms with Crippen molar-refractivity contribution in [2.75, 3.05) is 18.4 Å². The first-order valence-electron chi connectivity index (χ1n) is 6.94. The first kappa shape index (κ1) is 18.7. The minimum atomic E-state index is -0.537. The van der Waals surface area contributed by atoms with Gasteiger partial charge in [-0.1, -0.05) is 11.6 Å². The van der Waals surface area contributed by atoms with Gasteiger partial charge >= 0.3 is 0 Å². The fourth-order valence-electron chi connectivity index (χ4n) is 2.36. The number of pyridine rings is 1. The molecule has 0 radical (unpaired) electrons. The molecule has 0 aliphatic carbocycles. The first-order valence-corrected chi connectivity index (χ1v) is 7.32. The average Bonchev–Trinajstić information content (AvgIpc) is 2.48. The summed E-state index contributed by atoms with van der Waals surface area (Å²) >= 11 is 5.75. The Morgan fingerprint density at radius 2 is 2.23 bits per heavy atom. The zero-order chi connectivity index (χ0) is 15.4. The molecular formula is C14H20Cl2N4O2. The molecule has 2 heterocycles. The predicted octanol–water partition coefficient (Wildman–Crippen LogP) is 1.68. The molecule has 2 unspecified atom stereocenters. The van der Waals surface area contributed by atoms with Gasteiger partial charge in [0.05, 0.1) is 17.0 Å². The maximum Gasteiger partial charge on any atom is 0.239 e. The lowest BCUT2D eigenvalue weighted by Crippen LogP contribution is -2.48. The largest absolute Gasteiger partial charge is 0.341 e. The Balaban J connectivity index is 0.00000242. The van der Waals surface area contributed by atoms with Crippen molar-refractivity contribution in [2.24, 2.45) is 11.7 Å². The number of nitrogens with two attached hydrogens (primary N) is 1. The second-order valence-electron chi connectivity index (χ2n) is 5.26. The molecule has 1 fully saturated rings. The lowest BCUT2D eigenvalue weighted by atomic mass is 9.96. The molecule has 2 amide bonds. The van der Waals surface area contributed by atoms with Gasteiger partial charge in [-0.05, 0) is 31.9 Å². The van der Waals surface area contributed by atoms with E-state index in [4.69, 9.17) is 17.3 Å². The van der Waals surface area contributed by atoms with Crippen molar-refractivity contribution < 1.29 is 9.59 Å². The maximum atomic E-state index is 12.2. The van der Waals surface area contributed by atoms with Gasteiger partial charge in [0.1, 0.15) is 5.82 Å². The van der Waals surface area contributed by atoms with E-state index in [0.717, 1.165) is 12.8 Å². The van der Waals surface area contributed by atoms with Gasteiger partial charge in [-0.25, -0.2) is 4.98 Å². The third-order valence-electron chi connectivity index (χ3n) is 3.47. The number of hydrogen-bond acceptors (Lipinski definition) is 4. The molecular weight excluding hydrogens is 327 g/mol. The molecule has 2 atom stereocenters. The number of nitrogens with one attached hydrogen (secondary N) is 1. The van der Waals surface area contributed by atoms with Crippen LogP contribution in [0.1, 0.15) is 19.8 Å². The summed E-state index contributed by atoms with van der Waals surface area (Å²) in [4.78, 5) is 29.8. The Labute approximate surface area is 140 Å². The summed E-state index contributed by atoms with van der Waals surface area (Å²) in [6.45, 7) is 2.72. The van der Waals surface area contributed by atoms with Crippen molar-refractivity contribution >= 4 is 41.6 Å². The Hall–Kier alpha value is -1.37. The number of halogens is 2. The van der Waals surface area contributed by atoms with Crippen molar-refractivity contribution in [3.05, 3.63) is 23.4 Å².